The Hall–Kier alpha value is -1.59. The molecule has 1 aromatic carbocycles. The topological polar surface area (TPSA) is 46.4 Å². The van der Waals surface area contributed by atoms with Crippen LogP contribution < -0.4 is 4.90 Å². The van der Waals surface area contributed by atoms with Gasteiger partial charge in [0.05, 0.1) is 4.92 Å². The molecule has 3 rings (SSSR count). The lowest BCUT2D eigenvalue weighted by Gasteiger charge is -2.24. The largest absolute Gasteiger partial charge is 0.359 e. The smallest absolute Gasteiger partial charge is 0.310 e. The molecule has 0 atom stereocenters. The van der Waals surface area contributed by atoms with E-state index >= 15 is 0 Å². The summed E-state index contributed by atoms with van der Waals surface area (Å²) in [5, 5.41) is 15.6. The molecule has 1 heterocycles. The minimum atomic E-state index is -0.388. The minimum absolute atomic E-state index is 0.0105. The Balaban J connectivity index is 1.99. The second-order valence-corrected chi connectivity index (χ2v) is 6.04. The van der Waals surface area contributed by atoms with Crippen molar-refractivity contribution in [1.29, 1.82) is 0 Å². The molecule has 0 N–H and O–H groups in total. The molecule has 4 nitrogen and oxygen atoms in total. The molecule has 0 aliphatic heterocycles. The maximum Gasteiger partial charge on any atom is 0.310 e. The van der Waals surface area contributed by atoms with E-state index in [-0.39, 0.29) is 15.6 Å². The molecular formula is C14H13ClN2O2S. The van der Waals surface area contributed by atoms with E-state index in [4.69, 9.17) is 11.6 Å². The summed E-state index contributed by atoms with van der Waals surface area (Å²) in [6.45, 7) is 0.690. The van der Waals surface area contributed by atoms with Crippen molar-refractivity contribution in [3.8, 4) is 0 Å². The fourth-order valence-corrected chi connectivity index (χ4v) is 3.19. The van der Waals surface area contributed by atoms with E-state index < -0.39 is 0 Å². The number of para-hydroxylation sites is 1. The Morgan fingerprint density at radius 1 is 1.40 bits per heavy atom. The molecule has 0 radical (unpaired) electrons. The lowest BCUT2D eigenvalue weighted by Crippen LogP contribution is -2.25. The first-order chi connectivity index (χ1) is 9.66. The van der Waals surface area contributed by atoms with E-state index in [9.17, 15) is 10.1 Å². The van der Waals surface area contributed by atoms with Crippen molar-refractivity contribution >= 4 is 34.3 Å². The highest BCUT2D eigenvalue weighted by Gasteiger charge is 2.34. The minimum Gasteiger partial charge on any atom is -0.359 e. The van der Waals surface area contributed by atoms with Crippen LogP contribution in [0.1, 0.15) is 18.4 Å². The van der Waals surface area contributed by atoms with Crippen molar-refractivity contribution in [2.45, 2.75) is 25.4 Å². The molecule has 0 spiro atoms. The molecule has 20 heavy (non-hydrogen) atoms. The van der Waals surface area contributed by atoms with Gasteiger partial charge in [0.25, 0.3) is 0 Å². The van der Waals surface area contributed by atoms with Gasteiger partial charge < -0.3 is 4.90 Å². The van der Waals surface area contributed by atoms with E-state index in [1.807, 2.05) is 5.38 Å². The predicted molar refractivity (Wildman–Crippen MR) is 81.6 cm³/mol. The average Bonchev–Trinajstić information content (AvgIpc) is 3.12. The molecule has 1 aliphatic carbocycles. The van der Waals surface area contributed by atoms with Crippen molar-refractivity contribution < 1.29 is 4.92 Å². The van der Waals surface area contributed by atoms with Crippen molar-refractivity contribution in [3.63, 3.8) is 0 Å². The van der Waals surface area contributed by atoms with Gasteiger partial charge in [0.15, 0.2) is 0 Å². The zero-order valence-corrected chi connectivity index (χ0v) is 12.2. The highest BCUT2D eigenvalue weighted by Crippen LogP contribution is 2.41. The zero-order chi connectivity index (χ0) is 14.1. The summed E-state index contributed by atoms with van der Waals surface area (Å²) in [5.74, 6) is 0. The van der Waals surface area contributed by atoms with Crippen LogP contribution in [-0.4, -0.2) is 11.0 Å². The van der Waals surface area contributed by atoms with E-state index in [2.05, 4.69) is 16.3 Å². The second kappa shape index (κ2) is 5.42. The fraction of sp³-hybridized carbons (Fsp3) is 0.286. The van der Waals surface area contributed by atoms with Gasteiger partial charge in [-0.05, 0) is 47.4 Å². The number of nitro benzene ring substituents is 1. The van der Waals surface area contributed by atoms with Gasteiger partial charge in [-0.1, -0.05) is 17.7 Å². The highest BCUT2D eigenvalue weighted by atomic mass is 35.5. The van der Waals surface area contributed by atoms with Crippen LogP contribution in [0.25, 0.3) is 0 Å². The molecule has 0 saturated heterocycles. The number of hydrogen-bond donors (Lipinski definition) is 0. The summed E-state index contributed by atoms with van der Waals surface area (Å²) in [4.78, 5) is 13.0. The van der Waals surface area contributed by atoms with Gasteiger partial charge in [-0.3, -0.25) is 10.1 Å². The second-order valence-electron chi connectivity index (χ2n) is 4.86. The van der Waals surface area contributed by atoms with Crippen LogP contribution in [0.2, 0.25) is 5.02 Å². The molecule has 1 aliphatic rings. The first-order valence-electron chi connectivity index (χ1n) is 6.37. The molecule has 1 fully saturated rings. The number of nitrogens with zero attached hydrogens (tertiary/aromatic N) is 2. The van der Waals surface area contributed by atoms with Gasteiger partial charge in [0.2, 0.25) is 0 Å². The summed E-state index contributed by atoms with van der Waals surface area (Å²) in [6.07, 6.45) is 2.15. The Morgan fingerprint density at radius 3 is 2.80 bits per heavy atom. The lowest BCUT2D eigenvalue weighted by molar-refractivity contribution is -0.384. The van der Waals surface area contributed by atoms with E-state index in [1.165, 1.54) is 5.56 Å². The van der Waals surface area contributed by atoms with Gasteiger partial charge in [0.1, 0.15) is 10.7 Å². The van der Waals surface area contributed by atoms with Gasteiger partial charge >= 0.3 is 5.69 Å². The molecule has 1 aromatic heterocycles. The standard InChI is InChI=1S/C14H13ClN2O2S/c15-12-2-1-3-13(14(12)17(18)19)16(11-4-5-11)8-10-6-7-20-9-10/h1-3,6-7,9,11H,4-5,8H2. The molecular weight excluding hydrogens is 296 g/mol. The fourth-order valence-electron chi connectivity index (χ4n) is 2.29. The monoisotopic (exact) mass is 308 g/mol. The van der Waals surface area contributed by atoms with Gasteiger partial charge in [-0.2, -0.15) is 11.3 Å². The zero-order valence-electron chi connectivity index (χ0n) is 10.7. The summed E-state index contributed by atoms with van der Waals surface area (Å²) < 4.78 is 0. The number of thiophene rings is 1. The summed E-state index contributed by atoms with van der Waals surface area (Å²) in [6, 6.07) is 7.56. The highest BCUT2D eigenvalue weighted by molar-refractivity contribution is 7.07. The number of rotatable bonds is 5. The van der Waals surface area contributed by atoms with E-state index in [0.717, 1.165) is 12.8 Å². The number of nitro groups is 1. The molecule has 1 saturated carbocycles. The third-order valence-electron chi connectivity index (χ3n) is 3.38. The first-order valence-corrected chi connectivity index (χ1v) is 7.69. The van der Waals surface area contributed by atoms with Crippen molar-refractivity contribution in [3.05, 3.63) is 55.7 Å². The quantitative estimate of drug-likeness (QED) is 0.604. The van der Waals surface area contributed by atoms with E-state index in [1.54, 1.807) is 29.5 Å². The summed E-state index contributed by atoms with van der Waals surface area (Å²) in [7, 11) is 0. The predicted octanol–water partition coefficient (Wildman–Crippen LogP) is 4.48. The average molecular weight is 309 g/mol. The van der Waals surface area contributed by atoms with Crippen LogP contribution >= 0.6 is 22.9 Å². The summed E-state index contributed by atoms with van der Waals surface area (Å²) >= 11 is 7.65. The number of anilines is 1. The molecule has 0 bridgehead atoms. The number of halogens is 1. The third kappa shape index (κ3) is 2.64. The maximum absolute atomic E-state index is 11.3. The lowest BCUT2D eigenvalue weighted by atomic mass is 10.2. The Labute approximate surface area is 125 Å². The molecule has 104 valence electrons. The van der Waals surface area contributed by atoms with Gasteiger partial charge in [0, 0.05) is 12.6 Å². The third-order valence-corrected chi connectivity index (χ3v) is 4.42. The van der Waals surface area contributed by atoms with Gasteiger partial charge in [-0.25, -0.2) is 0 Å². The number of benzene rings is 1. The molecule has 6 heteroatoms. The van der Waals surface area contributed by atoms with Crippen LogP contribution in [0.4, 0.5) is 11.4 Å². The summed E-state index contributed by atoms with van der Waals surface area (Å²) in [5.41, 5.74) is 1.81. The van der Waals surface area contributed by atoms with Crippen LogP contribution in [0.3, 0.4) is 0 Å². The first kappa shape index (κ1) is 13.4. The molecule has 2 aromatic rings. The SMILES string of the molecule is O=[N+]([O-])c1c(Cl)cccc1N(Cc1ccsc1)C1CC1. The Bertz CT molecular complexity index is 626. The van der Waals surface area contributed by atoms with Crippen LogP contribution in [-0.2, 0) is 6.54 Å². The normalized spacial score (nSPS) is 14.2. The van der Waals surface area contributed by atoms with Crippen LogP contribution in [0, 0.1) is 10.1 Å². The number of hydrogen-bond acceptors (Lipinski definition) is 4. The van der Waals surface area contributed by atoms with Crippen LogP contribution in [0.5, 0.6) is 0 Å². The Morgan fingerprint density at radius 2 is 2.20 bits per heavy atom. The van der Waals surface area contributed by atoms with Crippen molar-refractivity contribution in [2.75, 3.05) is 4.90 Å². The maximum atomic E-state index is 11.3. The Kier molecular flexibility index (Phi) is 3.63. The van der Waals surface area contributed by atoms with E-state index in [0.29, 0.717) is 18.3 Å². The molecule has 0 amide bonds. The molecule has 0 unspecified atom stereocenters. The van der Waals surface area contributed by atoms with Crippen molar-refractivity contribution in [2.24, 2.45) is 0 Å². The van der Waals surface area contributed by atoms with Gasteiger partial charge in [-0.15, -0.1) is 0 Å². The van der Waals surface area contributed by atoms with Crippen LogP contribution in [0.15, 0.2) is 35.0 Å². The van der Waals surface area contributed by atoms with Crippen molar-refractivity contribution in [1.82, 2.24) is 0 Å².